The van der Waals surface area contributed by atoms with Gasteiger partial charge in [-0.25, -0.2) is 4.98 Å². The molecule has 144 valence electrons. The summed E-state index contributed by atoms with van der Waals surface area (Å²) in [6.07, 6.45) is 1.58. The fraction of sp³-hybridized carbons (Fsp3) is 0.174. The minimum absolute atomic E-state index is 0.0621. The van der Waals surface area contributed by atoms with Gasteiger partial charge < -0.3 is 4.74 Å². The summed E-state index contributed by atoms with van der Waals surface area (Å²) < 4.78 is 7.29. The largest absolute Gasteiger partial charge is 0.492 e. The van der Waals surface area contributed by atoms with E-state index < -0.39 is 0 Å². The Hall–Kier alpha value is -3.43. The Morgan fingerprint density at radius 1 is 1.14 bits per heavy atom. The first-order valence-electron chi connectivity index (χ1n) is 9.24. The summed E-state index contributed by atoms with van der Waals surface area (Å²) in [6.45, 7) is 4.88. The number of fused-ring (bicyclic) bond motifs is 1. The van der Waals surface area contributed by atoms with E-state index in [1.807, 2.05) is 5.38 Å². The van der Waals surface area contributed by atoms with Gasteiger partial charge in [-0.1, -0.05) is 18.2 Å². The first-order valence-corrected chi connectivity index (χ1v) is 10.1. The van der Waals surface area contributed by atoms with Crippen LogP contribution in [0.25, 0.3) is 21.3 Å². The molecule has 6 heteroatoms. The van der Waals surface area contributed by atoms with Gasteiger partial charge in [0.25, 0.3) is 5.56 Å². The van der Waals surface area contributed by atoms with Crippen molar-refractivity contribution in [1.29, 1.82) is 5.26 Å². The van der Waals surface area contributed by atoms with Crippen LogP contribution >= 0.6 is 11.3 Å². The summed E-state index contributed by atoms with van der Waals surface area (Å²) in [5.41, 5.74) is 4.90. The van der Waals surface area contributed by atoms with Gasteiger partial charge in [0.15, 0.2) is 0 Å². The lowest BCUT2D eigenvalue weighted by molar-refractivity contribution is 0.296. The number of aromatic nitrogens is 2. The van der Waals surface area contributed by atoms with Crippen molar-refractivity contribution in [1.82, 2.24) is 9.55 Å². The topological polar surface area (TPSA) is 67.9 Å². The molecule has 0 amide bonds. The molecule has 0 saturated carbocycles. The van der Waals surface area contributed by atoms with Gasteiger partial charge >= 0.3 is 0 Å². The Morgan fingerprint density at radius 2 is 1.93 bits per heavy atom. The molecule has 0 unspecified atom stereocenters. The second kappa shape index (κ2) is 7.90. The third-order valence-corrected chi connectivity index (χ3v) is 5.85. The van der Waals surface area contributed by atoms with Crippen molar-refractivity contribution in [2.75, 3.05) is 6.61 Å². The second-order valence-electron chi connectivity index (χ2n) is 6.86. The lowest BCUT2D eigenvalue weighted by Gasteiger charge is -2.09. The van der Waals surface area contributed by atoms with Crippen LogP contribution < -0.4 is 10.3 Å². The molecular weight excluding hydrogens is 382 g/mol. The average molecular weight is 401 g/mol. The molecule has 0 N–H and O–H groups in total. The van der Waals surface area contributed by atoms with Crippen LogP contribution in [0.1, 0.15) is 16.7 Å². The molecule has 0 aliphatic heterocycles. The van der Waals surface area contributed by atoms with E-state index in [0.29, 0.717) is 29.9 Å². The minimum Gasteiger partial charge on any atom is -0.492 e. The predicted octanol–water partition coefficient (Wildman–Crippen LogP) is 4.69. The van der Waals surface area contributed by atoms with Crippen molar-refractivity contribution in [3.8, 4) is 22.9 Å². The van der Waals surface area contributed by atoms with E-state index in [0.717, 1.165) is 16.0 Å². The predicted molar refractivity (Wildman–Crippen MR) is 115 cm³/mol. The van der Waals surface area contributed by atoms with E-state index >= 15 is 0 Å². The van der Waals surface area contributed by atoms with Crippen LogP contribution in [0.15, 0.2) is 59.0 Å². The number of nitrogens with zero attached hydrogens (tertiary/aromatic N) is 3. The van der Waals surface area contributed by atoms with Crippen LogP contribution in [-0.4, -0.2) is 16.2 Å². The standard InChI is InChI=1S/C23H19N3O2S/c1-15-3-6-18(11-16(15)2)20-13-29-22-21(20)23(27)26(14-25-22)9-10-28-19-7-4-17(12-24)5-8-19/h3-8,11,13-14H,9-10H2,1-2H3. The highest BCUT2D eigenvalue weighted by atomic mass is 32.1. The molecule has 0 aliphatic rings. The van der Waals surface area contributed by atoms with Crippen LogP contribution in [0, 0.1) is 25.2 Å². The maximum Gasteiger partial charge on any atom is 0.262 e. The van der Waals surface area contributed by atoms with Gasteiger partial charge in [0.2, 0.25) is 0 Å². The van der Waals surface area contributed by atoms with Crippen molar-refractivity contribution >= 4 is 21.6 Å². The molecule has 0 aliphatic carbocycles. The average Bonchev–Trinajstić information content (AvgIpc) is 3.17. The van der Waals surface area contributed by atoms with Gasteiger partial charge in [-0.3, -0.25) is 9.36 Å². The van der Waals surface area contributed by atoms with E-state index in [-0.39, 0.29) is 5.56 Å². The summed E-state index contributed by atoms with van der Waals surface area (Å²) in [4.78, 5) is 18.3. The zero-order valence-electron chi connectivity index (χ0n) is 16.2. The Balaban J connectivity index is 1.59. The highest BCUT2D eigenvalue weighted by Gasteiger charge is 2.14. The number of nitriles is 1. The van der Waals surface area contributed by atoms with Crippen molar-refractivity contribution < 1.29 is 4.74 Å². The van der Waals surface area contributed by atoms with Crippen LogP contribution in [0.2, 0.25) is 0 Å². The number of aryl methyl sites for hydroxylation is 2. The highest BCUT2D eigenvalue weighted by molar-refractivity contribution is 7.17. The van der Waals surface area contributed by atoms with Crippen molar-refractivity contribution in [3.63, 3.8) is 0 Å². The molecule has 0 radical (unpaired) electrons. The first-order chi connectivity index (χ1) is 14.1. The monoisotopic (exact) mass is 401 g/mol. The molecule has 0 atom stereocenters. The smallest absolute Gasteiger partial charge is 0.262 e. The molecule has 4 aromatic rings. The molecule has 0 bridgehead atoms. The Bertz CT molecular complexity index is 1280. The van der Waals surface area contributed by atoms with E-state index in [1.165, 1.54) is 22.5 Å². The maximum atomic E-state index is 13.1. The fourth-order valence-electron chi connectivity index (χ4n) is 3.14. The zero-order valence-corrected chi connectivity index (χ0v) is 17.0. The van der Waals surface area contributed by atoms with Gasteiger partial charge in [0, 0.05) is 10.9 Å². The first kappa shape index (κ1) is 18.9. The quantitative estimate of drug-likeness (QED) is 0.486. The molecule has 0 fully saturated rings. The molecule has 29 heavy (non-hydrogen) atoms. The minimum atomic E-state index is -0.0621. The molecule has 5 nitrogen and oxygen atoms in total. The molecule has 0 spiro atoms. The Kier molecular flexibility index (Phi) is 5.15. The second-order valence-corrected chi connectivity index (χ2v) is 7.71. The number of rotatable bonds is 5. The summed E-state index contributed by atoms with van der Waals surface area (Å²) in [5.74, 6) is 0.664. The molecule has 0 saturated heterocycles. The third-order valence-electron chi connectivity index (χ3n) is 4.96. The molecule has 2 heterocycles. The molecule has 2 aromatic carbocycles. The number of hydrogen-bond donors (Lipinski definition) is 0. The van der Waals surface area contributed by atoms with Crippen molar-refractivity contribution in [2.45, 2.75) is 20.4 Å². The Morgan fingerprint density at radius 3 is 2.66 bits per heavy atom. The van der Waals surface area contributed by atoms with Gasteiger partial charge in [0.05, 0.1) is 29.9 Å². The number of benzene rings is 2. The number of ether oxygens (including phenoxy) is 1. The van der Waals surface area contributed by atoms with E-state index in [1.54, 1.807) is 35.2 Å². The summed E-state index contributed by atoms with van der Waals surface area (Å²) in [5, 5.41) is 11.5. The van der Waals surface area contributed by atoms with Crippen LogP contribution in [0.4, 0.5) is 0 Å². The molecule has 4 rings (SSSR count). The lowest BCUT2D eigenvalue weighted by Crippen LogP contribution is -2.23. The summed E-state index contributed by atoms with van der Waals surface area (Å²) >= 11 is 1.48. The fourth-order valence-corrected chi connectivity index (χ4v) is 4.04. The van der Waals surface area contributed by atoms with E-state index in [9.17, 15) is 4.79 Å². The maximum absolute atomic E-state index is 13.1. The van der Waals surface area contributed by atoms with Gasteiger partial charge in [0.1, 0.15) is 17.2 Å². The number of thiophene rings is 1. The summed E-state index contributed by atoms with van der Waals surface area (Å²) in [6, 6.07) is 15.2. The lowest BCUT2D eigenvalue weighted by atomic mass is 10.0. The van der Waals surface area contributed by atoms with Crippen LogP contribution in [0.3, 0.4) is 0 Å². The zero-order chi connectivity index (χ0) is 20.4. The third kappa shape index (κ3) is 3.78. The van der Waals surface area contributed by atoms with Crippen LogP contribution in [-0.2, 0) is 6.54 Å². The highest BCUT2D eigenvalue weighted by Crippen LogP contribution is 2.31. The van der Waals surface area contributed by atoms with Gasteiger partial charge in [-0.15, -0.1) is 11.3 Å². The van der Waals surface area contributed by atoms with Gasteiger partial charge in [-0.05, 0) is 54.8 Å². The van der Waals surface area contributed by atoms with Crippen LogP contribution in [0.5, 0.6) is 5.75 Å². The Labute approximate surface area is 172 Å². The van der Waals surface area contributed by atoms with Gasteiger partial charge in [-0.2, -0.15) is 5.26 Å². The SMILES string of the molecule is Cc1ccc(-c2csc3ncn(CCOc4ccc(C#N)cc4)c(=O)c23)cc1C. The molecule has 2 aromatic heterocycles. The van der Waals surface area contributed by atoms with E-state index in [4.69, 9.17) is 10.00 Å². The number of hydrogen-bond acceptors (Lipinski definition) is 5. The normalized spacial score (nSPS) is 10.8. The summed E-state index contributed by atoms with van der Waals surface area (Å²) in [7, 11) is 0. The van der Waals surface area contributed by atoms with Crippen molar-refractivity contribution in [3.05, 3.63) is 81.2 Å². The molecular formula is C23H19N3O2S. The van der Waals surface area contributed by atoms with Crippen molar-refractivity contribution in [2.24, 2.45) is 0 Å². The van der Waals surface area contributed by atoms with E-state index in [2.05, 4.69) is 43.1 Å².